The van der Waals surface area contributed by atoms with Gasteiger partial charge in [0.1, 0.15) is 5.82 Å². The van der Waals surface area contributed by atoms with Gasteiger partial charge < -0.3 is 10.6 Å². The van der Waals surface area contributed by atoms with Gasteiger partial charge in [0.05, 0.1) is 5.02 Å². The lowest BCUT2D eigenvalue weighted by atomic mass is 10.00. The number of nitrogens with zero attached hydrogens (tertiary/aromatic N) is 1. The summed E-state index contributed by atoms with van der Waals surface area (Å²) >= 11 is 7.72. The van der Waals surface area contributed by atoms with Crippen LogP contribution in [-0.4, -0.2) is 42.1 Å². The van der Waals surface area contributed by atoms with Gasteiger partial charge in [-0.15, -0.1) is 0 Å². The summed E-state index contributed by atoms with van der Waals surface area (Å²) in [5.74, 6) is 1.86. The number of hydrogen-bond donors (Lipinski definition) is 1. The van der Waals surface area contributed by atoms with Gasteiger partial charge in [-0.25, -0.2) is 4.39 Å². The first kappa shape index (κ1) is 14.1. The minimum Gasteiger partial charge on any atom is -0.326 e. The maximum atomic E-state index is 13.1. The molecular weight excluding hydrogens is 271 g/mol. The van der Waals surface area contributed by atoms with Gasteiger partial charge in [0.15, 0.2) is 0 Å². The van der Waals surface area contributed by atoms with E-state index >= 15 is 0 Å². The van der Waals surface area contributed by atoms with Crippen LogP contribution in [0.15, 0.2) is 18.2 Å². The molecule has 100 valence electrons. The number of likely N-dealkylation sites (N-methyl/N-ethyl adjacent to an activating group) is 1. The van der Waals surface area contributed by atoms with Gasteiger partial charge in [-0.2, -0.15) is 11.8 Å². The highest BCUT2D eigenvalue weighted by molar-refractivity contribution is 7.99. The van der Waals surface area contributed by atoms with Crippen LogP contribution in [0.2, 0.25) is 5.02 Å². The fraction of sp³-hybridized carbons (Fsp3) is 0.538. The fourth-order valence-electron chi connectivity index (χ4n) is 2.23. The average molecular weight is 289 g/mol. The van der Waals surface area contributed by atoms with E-state index < -0.39 is 0 Å². The van der Waals surface area contributed by atoms with E-state index in [1.165, 1.54) is 11.8 Å². The summed E-state index contributed by atoms with van der Waals surface area (Å²) in [5.41, 5.74) is 7.27. The van der Waals surface area contributed by atoms with Crippen LogP contribution in [0.3, 0.4) is 0 Å². The molecule has 0 radical (unpaired) electrons. The highest BCUT2D eigenvalue weighted by Crippen LogP contribution is 2.21. The molecule has 2 N–H and O–H groups in total. The first-order valence-corrected chi connectivity index (χ1v) is 7.58. The van der Waals surface area contributed by atoms with Crippen molar-refractivity contribution < 1.29 is 4.39 Å². The molecule has 2 rings (SSSR count). The van der Waals surface area contributed by atoms with E-state index in [-0.39, 0.29) is 16.9 Å². The Hall–Kier alpha value is -0.290. The normalized spacial score (nSPS) is 23.0. The lowest BCUT2D eigenvalue weighted by molar-refractivity contribution is 0.235. The lowest BCUT2D eigenvalue weighted by Crippen LogP contribution is -2.51. The van der Waals surface area contributed by atoms with E-state index in [1.807, 2.05) is 11.8 Å². The molecule has 1 heterocycles. The molecule has 1 fully saturated rings. The van der Waals surface area contributed by atoms with Crippen molar-refractivity contribution in [2.75, 3.05) is 25.1 Å². The molecule has 2 unspecified atom stereocenters. The topological polar surface area (TPSA) is 29.3 Å². The summed E-state index contributed by atoms with van der Waals surface area (Å²) in [6, 6.07) is 5.28. The predicted octanol–water partition coefficient (Wildman–Crippen LogP) is 2.40. The molecular formula is C13H18ClFN2S. The molecule has 0 aliphatic carbocycles. The van der Waals surface area contributed by atoms with Crippen molar-refractivity contribution >= 4 is 23.4 Å². The van der Waals surface area contributed by atoms with Crippen LogP contribution in [0.5, 0.6) is 0 Å². The maximum Gasteiger partial charge on any atom is 0.141 e. The molecule has 2 atom stereocenters. The number of rotatable bonds is 3. The Bertz CT molecular complexity index is 416. The van der Waals surface area contributed by atoms with Gasteiger partial charge in [-0.3, -0.25) is 0 Å². The minimum atomic E-state index is -0.376. The third-order valence-corrected chi connectivity index (χ3v) is 4.73. The number of nitrogens with two attached hydrogens (primary N) is 1. The van der Waals surface area contributed by atoms with Crippen molar-refractivity contribution in [2.24, 2.45) is 5.73 Å². The largest absolute Gasteiger partial charge is 0.326 e. The highest BCUT2D eigenvalue weighted by atomic mass is 35.5. The molecule has 1 aliphatic rings. The minimum absolute atomic E-state index is 0.0596. The van der Waals surface area contributed by atoms with E-state index in [9.17, 15) is 4.39 Å². The number of halogens is 2. The second kappa shape index (κ2) is 6.24. The third kappa shape index (κ3) is 3.38. The summed E-state index contributed by atoms with van der Waals surface area (Å²) in [5, 5.41) is 0.172. The molecule has 1 saturated heterocycles. The Morgan fingerprint density at radius 1 is 1.61 bits per heavy atom. The molecule has 2 nitrogen and oxygen atoms in total. The quantitative estimate of drug-likeness (QED) is 0.926. The molecule has 0 bridgehead atoms. The van der Waals surface area contributed by atoms with E-state index in [1.54, 1.807) is 12.1 Å². The van der Waals surface area contributed by atoms with E-state index in [0.29, 0.717) is 6.04 Å². The zero-order valence-corrected chi connectivity index (χ0v) is 12.0. The Labute approximate surface area is 117 Å². The second-order valence-corrected chi connectivity index (χ2v) is 6.30. The van der Waals surface area contributed by atoms with Crippen molar-refractivity contribution in [1.82, 2.24) is 4.90 Å². The lowest BCUT2D eigenvalue weighted by Gasteiger charge is -2.36. The van der Waals surface area contributed by atoms with Crippen molar-refractivity contribution in [3.05, 3.63) is 34.6 Å². The molecule has 0 spiro atoms. The third-order valence-electron chi connectivity index (χ3n) is 3.39. The number of benzene rings is 1. The second-order valence-electron chi connectivity index (χ2n) is 4.74. The molecule has 1 aromatic rings. The van der Waals surface area contributed by atoms with Crippen LogP contribution in [0.1, 0.15) is 5.56 Å². The summed E-state index contributed by atoms with van der Waals surface area (Å²) < 4.78 is 13.1. The van der Waals surface area contributed by atoms with Crippen LogP contribution < -0.4 is 5.73 Å². The molecule has 1 aromatic carbocycles. The van der Waals surface area contributed by atoms with E-state index in [2.05, 4.69) is 11.9 Å². The van der Waals surface area contributed by atoms with Crippen molar-refractivity contribution in [1.29, 1.82) is 0 Å². The van der Waals surface area contributed by atoms with Gasteiger partial charge in [0.2, 0.25) is 0 Å². The SMILES string of the molecule is CN1CCSCC1C(N)Cc1ccc(F)c(Cl)c1. The Balaban J connectivity index is 2.01. The molecule has 0 amide bonds. The first-order valence-electron chi connectivity index (χ1n) is 6.05. The Kier molecular flexibility index (Phi) is 4.90. The first-order chi connectivity index (χ1) is 8.58. The van der Waals surface area contributed by atoms with E-state index in [4.69, 9.17) is 17.3 Å². The van der Waals surface area contributed by atoms with Gasteiger partial charge in [-0.1, -0.05) is 17.7 Å². The van der Waals surface area contributed by atoms with E-state index in [0.717, 1.165) is 24.3 Å². The van der Waals surface area contributed by atoms with Crippen molar-refractivity contribution in [3.8, 4) is 0 Å². The van der Waals surface area contributed by atoms with Crippen LogP contribution in [0.4, 0.5) is 4.39 Å². The molecule has 18 heavy (non-hydrogen) atoms. The van der Waals surface area contributed by atoms with Gasteiger partial charge >= 0.3 is 0 Å². The zero-order chi connectivity index (χ0) is 13.1. The molecule has 5 heteroatoms. The van der Waals surface area contributed by atoms with Crippen LogP contribution in [0.25, 0.3) is 0 Å². The summed E-state index contributed by atoms with van der Waals surface area (Å²) in [4.78, 5) is 2.31. The smallest absolute Gasteiger partial charge is 0.141 e. The van der Waals surface area contributed by atoms with Crippen LogP contribution in [-0.2, 0) is 6.42 Å². The summed E-state index contributed by atoms with van der Waals surface area (Å²) in [6.07, 6.45) is 0.732. The van der Waals surface area contributed by atoms with Gasteiger partial charge in [0, 0.05) is 30.1 Å². The van der Waals surface area contributed by atoms with Crippen molar-refractivity contribution in [3.63, 3.8) is 0 Å². The molecule has 0 saturated carbocycles. The monoisotopic (exact) mass is 288 g/mol. The van der Waals surface area contributed by atoms with Gasteiger partial charge in [0.25, 0.3) is 0 Å². The summed E-state index contributed by atoms with van der Waals surface area (Å²) in [7, 11) is 2.11. The average Bonchev–Trinajstić information content (AvgIpc) is 2.34. The standard InChI is InChI=1S/C13H18ClFN2S/c1-17-4-5-18-8-13(17)12(16)7-9-2-3-11(15)10(14)6-9/h2-3,6,12-13H,4-5,7-8,16H2,1H3. The highest BCUT2D eigenvalue weighted by Gasteiger charge is 2.25. The Morgan fingerprint density at radius 3 is 3.06 bits per heavy atom. The molecule has 1 aliphatic heterocycles. The fourth-order valence-corrected chi connectivity index (χ4v) is 3.76. The van der Waals surface area contributed by atoms with Gasteiger partial charge in [-0.05, 0) is 31.2 Å². The predicted molar refractivity (Wildman–Crippen MR) is 76.8 cm³/mol. The zero-order valence-electron chi connectivity index (χ0n) is 10.4. The van der Waals surface area contributed by atoms with Crippen LogP contribution in [0, 0.1) is 5.82 Å². The summed E-state index contributed by atoms with van der Waals surface area (Å²) in [6.45, 7) is 1.08. The Morgan fingerprint density at radius 2 is 2.39 bits per heavy atom. The van der Waals surface area contributed by atoms with Crippen molar-refractivity contribution in [2.45, 2.75) is 18.5 Å². The number of hydrogen-bond acceptors (Lipinski definition) is 3. The number of thioether (sulfide) groups is 1. The van der Waals surface area contributed by atoms with Crippen LogP contribution >= 0.6 is 23.4 Å². The molecule has 0 aromatic heterocycles. The maximum absolute atomic E-state index is 13.1.